The largest absolute Gasteiger partial charge is 0.366 e. The Bertz CT molecular complexity index is 937. The maximum absolute atomic E-state index is 12.0. The van der Waals surface area contributed by atoms with Gasteiger partial charge in [-0.15, -0.1) is 0 Å². The number of hydroxylamine groups is 1. The fourth-order valence-electron chi connectivity index (χ4n) is 2.66. The number of hydrogen-bond donors (Lipinski definition) is 3. The zero-order valence-electron chi connectivity index (χ0n) is 15.1. The van der Waals surface area contributed by atoms with Crippen LogP contribution < -0.4 is 11.2 Å². The van der Waals surface area contributed by atoms with E-state index in [1.165, 1.54) is 12.4 Å². The molecule has 0 spiro atoms. The lowest BCUT2D eigenvalue weighted by Gasteiger charge is -2.25. The van der Waals surface area contributed by atoms with Gasteiger partial charge in [0.2, 0.25) is 5.91 Å². The van der Waals surface area contributed by atoms with Gasteiger partial charge in [0.15, 0.2) is 9.84 Å². The fraction of sp³-hybridized carbons (Fsp3) is 0.263. The zero-order valence-corrected chi connectivity index (χ0v) is 15.9. The van der Waals surface area contributed by atoms with E-state index in [0.717, 1.165) is 22.9 Å². The third-order valence-corrected chi connectivity index (χ3v) is 6.77. The van der Waals surface area contributed by atoms with Crippen molar-refractivity contribution < 1.29 is 23.2 Å². The molecule has 144 valence electrons. The van der Waals surface area contributed by atoms with Crippen LogP contribution in [-0.4, -0.2) is 36.4 Å². The maximum Gasteiger partial charge on any atom is 0.264 e. The highest BCUT2D eigenvalue weighted by molar-refractivity contribution is 7.92. The molecule has 2 rings (SSSR count). The topological polar surface area (TPSA) is 127 Å². The molecular formula is C19H22N2O5S. The Hall–Kier alpha value is -2.71. The summed E-state index contributed by atoms with van der Waals surface area (Å²) in [6.07, 6.45) is 1.35. The summed E-state index contributed by atoms with van der Waals surface area (Å²) in [6.45, 7) is 1.29. The van der Waals surface area contributed by atoms with Crippen LogP contribution in [0, 0.1) is 0 Å². The SMILES string of the molecule is C[C@@](CCc1ccc(-c2ccc(C(N)=O)cc2)cc1)(C(=O)NO)S(C)(=O)=O. The van der Waals surface area contributed by atoms with Gasteiger partial charge in [-0.1, -0.05) is 36.4 Å². The van der Waals surface area contributed by atoms with Crippen molar-refractivity contribution in [2.24, 2.45) is 5.73 Å². The molecule has 0 aliphatic rings. The van der Waals surface area contributed by atoms with Crippen LogP contribution in [0.25, 0.3) is 11.1 Å². The number of nitrogens with one attached hydrogen (secondary N) is 1. The average molecular weight is 390 g/mol. The molecule has 0 radical (unpaired) electrons. The van der Waals surface area contributed by atoms with Gasteiger partial charge < -0.3 is 5.73 Å². The van der Waals surface area contributed by atoms with Crippen LogP contribution in [-0.2, 0) is 21.1 Å². The van der Waals surface area contributed by atoms with E-state index < -0.39 is 26.4 Å². The molecule has 2 aromatic carbocycles. The summed E-state index contributed by atoms with van der Waals surface area (Å²) in [5, 5.41) is 8.85. The monoisotopic (exact) mass is 390 g/mol. The molecule has 4 N–H and O–H groups in total. The van der Waals surface area contributed by atoms with Gasteiger partial charge in [0.1, 0.15) is 4.75 Å². The Labute approximate surface area is 158 Å². The van der Waals surface area contributed by atoms with Gasteiger partial charge in [-0.3, -0.25) is 14.8 Å². The number of nitrogens with two attached hydrogens (primary N) is 1. The molecule has 7 nitrogen and oxygen atoms in total. The molecule has 0 aliphatic heterocycles. The second-order valence-corrected chi connectivity index (χ2v) is 9.03. The Morgan fingerprint density at radius 1 is 1.04 bits per heavy atom. The predicted molar refractivity (Wildman–Crippen MR) is 102 cm³/mol. The first kappa shape index (κ1) is 20.6. The lowest BCUT2D eigenvalue weighted by Crippen LogP contribution is -2.49. The first-order chi connectivity index (χ1) is 12.6. The van der Waals surface area contributed by atoms with Crippen LogP contribution in [0.15, 0.2) is 48.5 Å². The van der Waals surface area contributed by atoms with Crippen LogP contribution in [0.1, 0.15) is 29.3 Å². The van der Waals surface area contributed by atoms with Crippen LogP contribution in [0.5, 0.6) is 0 Å². The summed E-state index contributed by atoms with van der Waals surface area (Å²) in [5.41, 5.74) is 9.78. The number of sulfone groups is 1. The minimum atomic E-state index is -3.72. The van der Waals surface area contributed by atoms with Gasteiger partial charge in [-0.25, -0.2) is 13.9 Å². The first-order valence-corrected chi connectivity index (χ1v) is 10.1. The number of benzene rings is 2. The molecule has 0 aliphatic carbocycles. The fourth-order valence-corrected chi connectivity index (χ4v) is 3.51. The maximum atomic E-state index is 12.0. The van der Waals surface area contributed by atoms with E-state index in [9.17, 15) is 18.0 Å². The summed E-state index contributed by atoms with van der Waals surface area (Å²) in [4.78, 5) is 23.0. The van der Waals surface area contributed by atoms with Crippen molar-refractivity contribution in [3.05, 3.63) is 59.7 Å². The van der Waals surface area contributed by atoms with Crippen molar-refractivity contribution in [3.8, 4) is 11.1 Å². The Balaban J connectivity index is 2.15. The van der Waals surface area contributed by atoms with Gasteiger partial charge in [-0.2, -0.15) is 0 Å². The third kappa shape index (κ3) is 4.53. The molecule has 0 saturated carbocycles. The summed E-state index contributed by atoms with van der Waals surface area (Å²) < 4.78 is 22.3. The molecule has 0 bridgehead atoms. The number of amides is 2. The van der Waals surface area contributed by atoms with Crippen LogP contribution in [0.3, 0.4) is 0 Å². The number of carbonyl (C=O) groups is 2. The van der Waals surface area contributed by atoms with E-state index in [2.05, 4.69) is 0 Å². The summed E-state index contributed by atoms with van der Waals surface area (Å²) in [5.74, 6) is -1.44. The normalized spacial score (nSPS) is 13.6. The Kier molecular flexibility index (Phi) is 6.02. The molecule has 2 amide bonds. The molecule has 1 atom stereocenters. The van der Waals surface area contributed by atoms with Crippen molar-refractivity contribution in [2.75, 3.05) is 6.26 Å². The highest BCUT2D eigenvalue weighted by Gasteiger charge is 2.43. The summed E-state index contributed by atoms with van der Waals surface area (Å²) in [7, 11) is -3.72. The van der Waals surface area contributed by atoms with Crippen LogP contribution >= 0.6 is 0 Å². The Morgan fingerprint density at radius 2 is 1.52 bits per heavy atom. The van der Waals surface area contributed by atoms with Gasteiger partial charge >= 0.3 is 0 Å². The first-order valence-electron chi connectivity index (χ1n) is 8.22. The van der Waals surface area contributed by atoms with E-state index in [0.29, 0.717) is 12.0 Å². The van der Waals surface area contributed by atoms with E-state index in [1.807, 2.05) is 24.3 Å². The van der Waals surface area contributed by atoms with Crippen molar-refractivity contribution in [3.63, 3.8) is 0 Å². The molecule has 0 heterocycles. The second-order valence-electron chi connectivity index (χ2n) is 6.58. The molecule has 0 unspecified atom stereocenters. The van der Waals surface area contributed by atoms with Gasteiger partial charge in [0.25, 0.3) is 5.91 Å². The van der Waals surface area contributed by atoms with Gasteiger partial charge in [0.05, 0.1) is 0 Å². The molecular weight excluding hydrogens is 368 g/mol. The van der Waals surface area contributed by atoms with Crippen molar-refractivity contribution in [1.29, 1.82) is 0 Å². The second kappa shape index (κ2) is 7.89. The number of hydrogen-bond acceptors (Lipinski definition) is 5. The number of aryl methyl sites for hydroxylation is 1. The molecule has 2 aromatic rings. The molecule has 0 saturated heterocycles. The van der Waals surface area contributed by atoms with Gasteiger partial charge in [0, 0.05) is 11.8 Å². The standard InChI is InChI=1S/C19H22N2O5S/c1-19(18(23)21-24,27(2,25)26)12-11-13-3-5-14(6-4-13)15-7-9-16(10-8-15)17(20)22/h3-10,24H,11-12H2,1-2H3,(H2,20,22)(H,21,23)/t19-/m1/s1. The molecule has 0 aromatic heterocycles. The highest BCUT2D eigenvalue weighted by atomic mass is 32.2. The number of carbonyl (C=O) groups excluding carboxylic acids is 2. The minimum Gasteiger partial charge on any atom is -0.366 e. The predicted octanol–water partition coefficient (Wildman–Crippen LogP) is 1.69. The molecule has 8 heteroatoms. The van der Waals surface area contributed by atoms with Crippen molar-refractivity contribution in [1.82, 2.24) is 5.48 Å². The summed E-state index contributed by atoms with van der Waals surface area (Å²) >= 11 is 0. The van der Waals surface area contributed by atoms with E-state index >= 15 is 0 Å². The van der Waals surface area contributed by atoms with Crippen molar-refractivity contribution in [2.45, 2.75) is 24.5 Å². The van der Waals surface area contributed by atoms with Crippen molar-refractivity contribution >= 4 is 21.7 Å². The Morgan fingerprint density at radius 3 is 1.93 bits per heavy atom. The minimum absolute atomic E-state index is 0.0326. The number of rotatable bonds is 7. The third-order valence-electron chi connectivity index (χ3n) is 4.75. The molecule has 27 heavy (non-hydrogen) atoms. The molecule has 0 fully saturated rings. The van der Waals surface area contributed by atoms with Crippen LogP contribution in [0.2, 0.25) is 0 Å². The van der Waals surface area contributed by atoms with E-state index in [-0.39, 0.29) is 6.42 Å². The lowest BCUT2D eigenvalue weighted by molar-refractivity contribution is -0.131. The summed E-state index contributed by atoms with van der Waals surface area (Å²) in [6, 6.07) is 14.3. The van der Waals surface area contributed by atoms with E-state index in [4.69, 9.17) is 10.9 Å². The lowest BCUT2D eigenvalue weighted by atomic mass is 9.97. The number of primary amides is 1. The van der Waals surface area contributed by atoms with Gasteiger partial charge in [-0.05, 0) is 48.6 Å². The smallest absolute Gasteiger partial charge is 0.264 e. The quantitative estimate of drug-likeness (QED) is 0.490. The zero-order chi connectivity index (χ0) is 20.2. The van der Waals surface area contributed by atoms with E-state index in [1.54, 1.807) is 24.3 Å². The highest BCUT2D eigenvalue weighted by Crippen LogP contribution is 2.25. The average Bonchev–Trinajstić information content (AvgIpc) is 2.65. The van der Waals surface area contributed by atoms with Crippen LogP contribution in [0.4, 0.5) is 0 Å².